The van der Waals surface area contributed by atoms with E-state index in [0.29, 0.717) is 21.6 Å². The summed E-state index contributed by atoms with van der Waals surface area (Å²) in [6, 6.07) is 0.166. The van der Waals surface area contributed by atoms with Crippen molar-refractivity contribution in [3.8, 4) is 0 Å². The normalized spacial score (nSPS) is 19.6. The van der Waals surface area contributed by atoms with Gasteiger partial charge in [-0.1, -0.05) is 31.5 Å². The predicted molar refractivity (Wildman–Crippen MR) is 85.9 cm³/mol. The first kappa shape index (κ1) is 13.9. The molecule has 2 heterocycles. The van der Waals surface area contributed by atoms with Crippen molar-refractivity contribution < 1.29 is 0 Å². The minimum atomic E-state index is -0.444. The fourth-order valence-corrected chi connectivity index (χ4v) is 3.72. The van der Waals surface area contributed by atoms with Crippen LogP contribution in [-0.2, 0) is 0 Å². The first-order valence-corrected chi connectivity index (χ1v) is 8.34. The van der Waals surface area contributed by atoms with Crippen molar-refractivity contribution in [2.45, 2.75) is 56.9 Å². The number of aromatic nitrogens is 4. The molecule has 116 valence electrons. The smallest absolute Gasteiger partial charge is 0.329 e. The van der Waals surface area contributed by atoms with Crippen LogP contribution in [0.2, 0.25) is 0 Å². The summed E-state index contributed by atoms with van der Waals surface area (Å²) in [7, 11) is 0. The molecule has 0 aliphatic heterocycles. The van der Waals surface area contributed by atoms with E-state index < -0.39 is 5.56 Å². The predicted octanol–water partition coefficient (Wildman–Crippen LogP) is 2.52. The highest BCUT2D eigenvalue weighted by molar-refractivity contribution is 7.71. The molecule has 22 heavy (non-hydrogen) atoms. The molecule has 2 saturated carbocycles. The molecule has 0 radical (unpaired) electrons. The molecule has 7 heteroatoms. The Bertz CT molecular complexity index is 900. The van der Waals surface area contributed by atoms with Crippen molar-refractivity contribution >= 4 is 23.3 Å². The van der Waals surface area contributed by atoms with Gasteiger partial charge in [0, 0.05) is 12.0 Å². The molecule has 0 atom stereocenters. The molecule has 2 aromatic heterocycles. The molecule has 0 unspecified atom stereocenters. The van der Waals surface area contributed by atoms with Crippen LogP contribution in [0, 0.1) is 4.64 Å². The van der Waals surface area contributed by atoms with Crippen LogP contribution in [0.5, 0.6) is 0 Å². The Balaban J connectivity index is 1.99. The second-order valence-corrected chi connectivity index (χ2v) is 6.73. The van der Waals surface area contributed by atoms with Crippen LogP contribution in [0.25, 0.3) is 11.0 Å². The summed E-state index contributed by atoms with van der Waals surface area (Å²) in [6.07, 6.45) is 7.73. The number of hydrogen-bond donors (Lipinski definition) is 2. The van der Waals surface area contributed by atoms with E-state index in [-0.39, 0.29) is 11.7 Å². The van der Waals surface area contributed by atoms with Crippen LogP contribution in [-0.4, -0.2) is 19.5 Å². The van der Waals surface area contributed by atoms with E-state index in [9.17, 15) is 9.59 Å². The van der Waals surface area contributed by atoms with Gasteiger partial charge in [-0.15, -0.1) is 0 Å². The van der Waals surface area contributed by atoms with Crippen LogP contribution in [0.4, 0.5) is 0 Å². The van der Waals surface area contributed by atoms with Gasteiger partial charge < -0.3 is 4.98 Å². The Morgan fingerprint density at radius 1 is 1.05 bits per heavy atom. The topological polar surface area (TPSA) is 83.5 Å². The number of aromatic amines is 2. The van der Waals surface area contributed by atoms with E-state index in [1.807, 2.05) is 0 Å². The number of nitrogens with zero attached hydrogens (tertiary/aromatic N) is 2. The van der Waals surface area contributed by atoms with Crippen LogP contribution in [0.1, 0.15) is 62.7 Å². The van der Waals surface area contributed by atoms with Gasteiger partial charge in [0.15, 0.2) is 0 Å². The molecule has 2 aromatic rings. The fraction of sp³-hybridized carbons (Fsp3) is 0.600. The van der Waals surface area contributed by atoms with Gasteiger partial charge in [-0.05, 0) is 25.7 Å². The standard InChI is InChI=1S/C15H18N4O2S/c20-13-10-12(19(9-6-7-9)15(21)18-13)16-11(17-14(10)22)8-4-2-1-3-5-8/h8-9H,1-7H2,(H,16,17,22)(H,18,20,21). The number of hydrogen-bond acceptors (Lipinski definition) is 4. The Morgan fingerprint density at radius 2 is 1.77 bits per heavy atom. The van der Waals surface area contributed by atoms with Crippen LogP contribution in [0.3, 0.4) is 0 Å². The highest BCUT2D eigenvalue weighted by Gasteiger charge is 2.28. The van der Waals surface area contributed by atoms with E-state index in [4.69, 9.17) is 12.2 Å². The number of rotatable bonds is 2. The minimum Gasteiger partial charge on any atom is -0.329 e. The molecule has 0 aromatic carbocycles. The van der Waals surface area contributed by atoms with Gasteiger partial charge >= 0.3 is 5.69 Å². The molecule has 0 saturated heterocycles. The lowest BCUT2D eigenvalue weighted by Crippen LogP contribution is -2.31. The molecule has 0 bridgehead atoms. The zero-order valence-electron chi connectivity index (χ0n) is 12.2. The van der Waals surface area contributed by atoms with Gasteiger partial charge in [0.05, 0.1) is 0 Å². The third kappa shape index (κ3) is 2.24. The lowest BCUT2D eigenvalue weighted by Gasteiger charge is -2.21. The average Bonchev–Trinajstić information content (AvgIpc) is 3.32. The summed E-state index contributed by atoms with van der Waals surface area (Å²) in [4.78, 5) is 34.4. The fourth-order valence-electron chi connectivity index (χ4n) is 3.44. The Kier molecular flexibility index (Phi) is 3.25. The summed E-state index contributed by atoms with van der Waals surface area (Å²) in [6.45, 7) is 0. The average molecular weight is 318 g/mol. The minimum absolute atomic E-state index is 0.166. The van der Waals surface area contributed by atoms with Crippen molar-refractivity contribution in [2.24, 2.45) is 0 Å². The third-order valence-electron chi connectivity index (χ3n) is 4.73. The number of nitrogens with one attached hydrogen (secondary N) is 2. The molecular formula is C15H18N4O2S. The Hall–Kier alpha value is -1.76. The summed E-state index contributed by atoms with van der Waals surface area (Å²) in [5.74, 6) is 1.18. The largest absolute Gasteiger partial charge is 0.330 e. The molecule has 0 spiro atoms. The van der Waals surface area contributed by atoms with Gasteiger partial charge in [0.2, 0.25) is 0 Å². The van der Waals surface area contributed by atoms with Gasteiger partial charge in [0.25, 0.3) is 5.56 Å². The van der Waals surface area contributed by atoms with Crippen molar-refractivity contribution in [3.63, 3.8) is 0 Å². The van der Waals surface area contributed by atoms with E-state index in [1.54, 1.807) is 4.57 Å². The monoisotopic (exact) mass is 318 g/mol. The van der Waals surface area contributed by atoms with Crippen LogP contribution >= 0.6 is 12.2 Å². The summed E-state index contributed by atoms with van der Waals surface area (Å²) in [5, 5.41) is 0.334. The lowest BCUT2D eigenvalue weighted by atomic mass is 9.89. The zero-order valence-corrected chi connectivity index (χ0v) is 13.0. The van der Waals surface area contributed by atoms with Gasteiger partial charge in [-0.25, -0.2) is 9.78 Å². The maximum Gasteiger partial charge on any atom is 0.330 e. The van der Waals surface area contributed by atoms with Crippen LogP contribution in [0.15, 0.2) is 9.59 Å². The molecule has 4 rings (SSSR count). The third-order valence-corrected chi connectivity index (χ3v) is 5.03. The van der Waals surface area contributed by atoms with Gasteiger partial charge in [0.1, 0.15) is 21.5 Å². The lowest BCUT2D eigenvalue weighted by molar-refractivity contribution is 0.428. The highest BCUT2D eigenvalue weighted by Crippen LogP contribution is 2.35. The SMILES string of the molecule is O=c1[nH]c(=O)n(C2CC2)c2[nH]c(C3CCCCC3)nc(=S)c12. The van der Waals surface area contributed by atoms with Crippen molar-refractivity contribution in [1.82, 2.24) is 19.5 Å². The summed E-state index contributed by atoms with van der Waals surface area (Å²) in [5.41, 5.74) is -0.246. The van der Waals surface area contributed by atoms with E-state index >= 15 is 0 Å². The maximum absolute atomic E-state index is 12.2. The second kappa shape index (κ2) is 5.15. The Morgan fingerprint density at radius 3 is 2.45 bits per heavy atom. The first-order chi connectivity index (χ1) is 10.6. The van der Waals surface area contributed by atoms with Crippen molar-refractivity contribution in [1.29, 1.82) is 0 Å². The first-order valence-electron chi connectivity index (χ1n) is 7.94. The quantitative estimate of drug-likeness (QED) is 0.833. The number of H-pyrrole nitrogens is 2. The summed E-state index contributed by atoms with van der Waals surface area (Å²) >= 11 is 5.34. The van der Waals surface area contributed by atoms with E-state index in [2.05, 4.69) is 15.0 Å². The highest BCUT2D eigenvalue weighted by atomic mass is 32.1. The summed E-state index contributed by atoms with van der Waals surface area (Å²) < 4.78 is 1.95. The molecule has 6 nitrogen and oxygen atoms in total. The van der Waals surface area contributed by atoms with Crippen molar-refractivity contribution in [2.75, 3.05) is 0 Å². The zero-order chi connectivity index (χ0) is 15.3. The van der Waals surface area contributed by atoms with Crippen molar-refractivity contribution in [3.05, 3.63) is 31.3 Å². The second-order valence-electron chi connectivity index (χ2n) is 6.35. The molecular weight excluding hydrogens is 300 g/mol. The molecule has 2 aliphatic carbocycles. The maximum atomic E-state index is 12.2. The molecule has 2 fully saturated rings. The molecule has 0 amide bonds. The molecule has 2 N–H and O–H groups in total. The molecule has 2 aliphatic rings. The van der Waals surface area contributed by atoms with E-state index in [1.165, 1.54) is 19.3 Å². The van der Waals surface area contributed by atoms with Gasteiger partial charge in [-0.2, -0.15) is 0 Å². The van der Waals surface area contributed by atoms with E-state index in [0.717, 1.165) is 31.5 Å². The Labute approximate surface area is 131 Å². The van der Waals surface area contributed by atoms with Crippen LogP contribution < -0.4 is 11.2 Å². The van der Waals surface area contributed by atoms with Gasteiger partial charge in [-0.3, -0.25) is 14.3 Å². The number of fused-ring (bicyclic) bond motifs is 1.